The third-order valence-electron chi connectivity index (χ3n) is 5.17. The number of hydrogen-bond acceptors (Lipinski definition) is 6. The molecule has 35 heavy (non-hydrogen) atoms. The maximum atomic E-state index is 12.4. The summed E-state index contributed by atoms with van der Waals surface area (Å²) in [5.41, 5.74) is 4.57. The molecule has 0 aliphatic carbocycles. The summed E-state index contributed by atoms with van der Waals surface area (Å²) in [6.45, 7) is 1.77. The van der Waals surface area contributed by atoms with Crippen molar-refractivity contribution in [2.45, 2.75) is 6.92 Å². The molecule has 1 amide bonds. The van der Waals surface area contributed by atoms with Crippen LogP contribution in [0.2, 0.25) is 0 Å². The zero-order chi connectivity index (χ0) is 24.6. The van der Waals surface area contributed by atoms with Crippen molar-refractivity contribution in [2.24, 2.45) is 5.10 Å². The number of fused-ring (bicyclic) bond motifs is 1. The minimum atomic E-state index is -0.483. The molecule has 0 aliphatic rings. The second-order valence-corrected chi connectivity index (χ2v) is 7.76. The number of carbonyl (C=O) groups is 2. The molecule has 0 atom stereocenters. The van der Waals surface area contributed by atoms with E-state index in [1.165, 1.54) is 13.3 Å². The van der Waals surface area contributed by atoms with Crippen LogP contribution in [0.3, 0.4) is 0 Å². The third kappa shape index (κ3) is 6.23. The Morgan fingerprint density at radius 3 is 2.43 bits per heavy atom. The molecule has 7 nitrogen and oxygen atoms in total. The van der Waals surface area contributed by atoms with Crippen molar-refractivity contribution in [1.82, 2.24) is 5.43 Å². The van der Waals surface area contributed by atoms with Crippen molar-refractivity contribution in [3.8, 4) is 17.2 Å². The average Bonchev–Trinajstić information content (AvgIpc) is 2.88. The smallest absolute Gasteiger partial charge is 0.343 e. The van der Waals surface area contributed by atoms with Gasteiger partial charge < -0.3 is 14.2 Å². The molecule has 0 heterocycles. The number of carbonyl (C=O) groups excluding carboxylic acids is 2. The molecule has 0 bridgehead atoms. The van der Waals surface area contributed by atoms with E-state index in [2.05, 4.69) is 10.5 Å². The normalized spacial score (nSPS) is 10.8. The third-order valence-corrected chi connectivity index (χ3v) is 5.17. The summed E-state index contributed by atoms with van der Waals surface area (Å²) >= 11 is 0. The molecule has 4 rings (SSSR count). The zero-order valence-electron chi connectivity index (χ0n) is 19.4. The van der Waals surface area contributed by atoms with Gasteiger partial charge in [-0.2, -0.15) is 5.10 Å². The largest absolute Gasteiger partial charge is 0.493 e. The standard InChI is InChI=1S/C28H24N2O5/c1-19-7-10-22(11-8-19)28(32)35-25-14-9-20(15-26(25)33-2)17-29-30-27(31)18-34-24-13-12-21-5-3-4-6-23(21)16-24/h3-17H,18H2,1-2H3,(H,30,31)/b29-17-. The number of rotatable bonds is 8. The maximum Gasteiger partial charge on any atom is 0.343 e. The molecular formula is C28H24N2O5. The molecule has 0 spiro atoms. The first-order chi connectivity index (χ1) is 17.0. The van der Waals surface area contributed by atoms with Gasteiger partial charge in [0.15, 0.2) is 18.1 Å². The number of nitrogens with zero attached hydrogens (tertiary/aromatic N) is 1. The lowest BCUT2D eigenvalue weighted by atomic mass is 10.1. The fourth-order valence-corrected chi connectivity index (χ4v) is 3.31. The lowest BCUT2D eigenvalue weighted by Crippen LogP contribution is -2.24. The SMILES string of the molecule is COc1cc(/C=N\NC(=O)COc2ccc3ccccc3c2)ccc1OC(=O)c1ccc(C)cc1. The minimum Gasteiger partial charge on any atom is -0.493 e. The first-order valence-corrected chi connectivity index (χ1v) is 10.9. The molecule has 0 aliphatic heterocycles. The summed E-state index contributed by atoms with van der Waals surface area (Å²) < 4.78 is 16.4. The van der Waals surface area contributed by atoms with Gasteiger partial charge in [0.05, 0.1) is 18.9 Å². The molecule has 0 saturated carbocycles. The molecule has 0 fully saturated rings. The lowest BCUT2D eigenvalue weighted by molar-refractivity contribution is -0.123. The number of methoxy groups -OCH3 is 1. The summed E-state index contributed by atoms with van der Waals surface area (Å²) in [6, 6.07) is 25.6. The monoisotopic (exact) mass is 468 g/mol. The highest BCUT2D eigenvalue weighted by atomic mass is 16.6. The molecule has 0 aromatic heterocycles. The van der Waals surface area contributed by atoms with E-state index in [-0.39, 0.29) is 12.4 Å². The van der Waals surface area contributed by atoms with E-state index >= 15 is 0 Å². The Balaban J connectivity index is 1.32. The minimum absolute atomic E-state index is 0.174. The number of benzene rings is 4. The number of nitrogens with one attached hydrogen (secondary N) is 1. The summed E-state index contributed by atoms with van der Waals surface area (Å²) in [5, 5.41) is 6.09. The van der Waals surface area contributed by atoms with E-state index in [0.29, 0.717) is 22.6 Å². The van der Waals surface area contributed by atoms with Gasteiger partial charge in [0.25, 0.3) is 5.91 Å². The van der Waals surface area contributed by atoms with Crippen LogP contribution in [0, 0.1) is 6.92 Å². The average molecular weight is 469 g/mol. The van der Waals surface area contributed by atoms with Gasteiger partial charge in [-0.05, 0) is 65.7 Å². The Hall–Kier alpha value is -4.65. The van der Waals surface area contributed by atoms with Crippen LogP contribution in [-0.2, 0) is 4.79 Å². The van der Waals surface area contributed by atoms with Gasteiger partial charge in [-0.25, -0.2) is 10.2 Å². The van der Waals surface area contributed by atoms with Crippen LogP contribution in [0.4, 0.5) is 0 Å². The molecule has 7 heteroatoms. The predicted octanol–water partition coefficient (Wildman–Crippen LogP) is 4.91. The highest BCUT2D eigenvalue weighted by Gasteiger charge is 2.13. The molecule has 0 saturated heterocycles. The van der Waals surface area contributed by atoms with Crippen LogP contribution in [0.1, 0.15) is 21.5 Å². The summed E-state index contributed by atoms with van der Waals surface area (Å²) in [7, 11) is 1.48. The maximum absolute atomic E-state index is 12.4. The van der Waals surface area contributed by atoms with Crippen molar-refractivity contribution in [2.75, 3.05) is 13.7 Å². The zero-order valence-corrected chi connectivity index (χ0v) is 19.4. The molecule has 4 aromatic rings. The quantitative estimate of drug-likeness (QED) is 0.172. The number of ether oxygens (including phenoxy) is 3. The summed E-state index contributed by atoms with van der Waals surface area (Å²) in [4.78, 5) is 24.5. The fourth-order valence-electron chi connectivity index (χ4n) is 3.31. The van der Waals surface area contributed by atoms with E-state index in [4.69, 9.17) is 14.2 Å². The second kappa shape index (κ2) is 11.0. The van der Waals surface area contributed by atoms with Crippen LogP contribution in [-0.4, -0.2) is 31.8 Å². The Morgan fingerprint density at radius 1 is 0.886 bits per heavy atom. The van der Waals surface area contributed by atoms with Gasteiger partial charge in [0.1, 0.15) is 5.75 Å². The highest BCUT2D eigenvalue weighted by molar-refractivity contribution is 5.91. The van der Waals surface area contributed by atoms with Crippen LogP contribution in [0.25, 0.3) is 10.8 Å². The van der Waals surface area contributed by atoms with E-state index in [9.17, 15) is 9.59 Å². The van der Waals surface area contributed by atoms with Crippen LogP contribution in [0.15, 0.2) is 90.0 Å². The fraction of sp³-hybridized carbons (Fsp3) is 0.107. The number of aryl methyl sites for hydroxylation is 1. The number of esters is 1. The van der Waals surface area contributed by atoms with Crippen LogP contribution < -0.4 is 19.6 Å². The van der Waals surface area contributed by atoms with Crippen molar-refractivity contribution in [3.63, 3.8) is 0 Å². The number of hydrogen-bond donors (Lipinski definition) is 1. The van der Waals surface area contributed by atoms with E-state index < -0.39 is 11.9 Å². The molecule has 0 radical (unpaired) electrons. The second-order valence-electron chi connectivity index (χ2n) is 7.76. The molecule has 4 aromatic carbocycles. The van der Waals surface area contributed by atoms with Gasteiger partial charge >= 0.3 is 5.97 Å². The van der Waals surface area contributed by atoms with Crippen molar-refractivity contribution in [1.29, 1.82) is 0 Å². The topological polar surface area (TPSA) is 86.2 Å². The number of amides is 1. The molecular weight excluding hydrogens is 444 g/mol. The van der Waals surface area contributed by atoms with Gasteiger partial charge in [-0.3, -0.25) is 4.79 Å². The van der Waals surface area contributed by atoms with E-state index in [1.54, 1.807) is 30.3 Å². The van der Waals surface area contributed by atoms with E-state index in [0.717, 1.165) is 16.3 Å². The number of hydrazone groups is 1. The van der Waals surface area contributed by atoms with Gasteiger partial charge in [0.2, 0.25) is 0 Å². The van der Waals surface area contributed by atoms with Crippen molar-refractivity contribution in [3.05, 3.63) is 102 Å². The van der Waals surface area contributed by atoms with Gasteiger partial charge in [-0.1, -0.05) is 48.0 Å². The summed E-state index contributed by atoms with van der Waals surface area (Å²) in [6.07, 6.45) is 1.46. The van der Waals surface area contributed by atoms with Crippen LogP contribution >= 0.6 is 0 Å². The predicted molar refractivity (Wildman–Crippen MR) is 134 cm³/mol. The van der Waals surface area contributed by atoms with Crippen molar-refractivity contribution < 1.29 is 23.8 Å². The summed E-state index contributed by atoms with van der Waals surface area (Å²) in [5.74, 6) is 0.361. The first kappa shape index (κ1) is 23.5. The van der Waals surface area contributed by atoms with Crippen LogP contribution in [0.5, 0.6) is 17.2 Å². The Morgan fingerprint density at radius 2 is 1.66 bits per heavy atom. The highest BCUT2D eigenvalue weighted by Crippen LogP contribution is 2.28. The van der Waals surface area contributed by atoms with Crippen molar-refractivity contribution >= 4 is 28.9 Å². The Kier molecular flexibility index (Phi) is 7.37. The van der Waals surface area contributed by atoms with E-state index in [1.807, 2.05) is 61.5 Å². The Labute approximate surface area is 202 Å². The molecule has 0 unspecified atom stereocenters. The molecule has 1 N–H and O–H groups in total. The first-order valence-electron chi connectivity index (χ1n) is 10.9. The molecule has 176 valence electrons. The lowest BCUT2D eigenvalue weighted by Gasteiger charge is -2.10. The van der Waals surface area contributed by atoms with Gasteiger partial charge in [-0.15, -0.1) is 0 Å². The van der Waals surface area contributed by atoms with Gasteiger partial charge in [0, 0.05) is 0 Å². The Bertz CT molecular complexity index is 1380.